The standard InChI is InChI=1S/C27H53N/c1-21-18-24(22(2)28-21)19-23-12-17-26(5,6)14-10-9-13-25(3,4)15-11-16-27(7,8)20-23/h21-24,28H,9-20H2,1-8H3. The SMILES string of the molecule is CC1CC(CC2CCC(C)(C)CCCCC(C)(C)CCCC(C)(C)C2)C(C)N1. The summed E-state index contributed by atoms with van der Waals surface area (Å²) in [6.45, 7) is 20.0. The molecule has 166 valence electrons. The van der Waals surface area contributed by atoms with Crippen LogP contribution in [0.1, 0.15) is 132 Å². The first kappa shape index (κ1) is 24.2. The fourth-order valence-electron chi connectivity index (χ4n) is 6.32. The van der Waals surface area contributed by atoms with Crippen LogP contribution in [0.25, 0.3) is 0 Å². The lowest BCUT2D eigenvalue weighted by Crippen LogP contribution is -2.28. The zero-order chi connectivity index (χ0) is 21.0. The highest BCUT2D eigenvalue weighted by atomic mass is 15.0. The average Bonchev–Trinajstić information content (AvgIpc) is 2.85. The fraction of sp³-hybridized carbons (Fsp3) is 1.00. The highest BCUT2D eigenvalue weighted by molar-refractivity contribution is 4.89. The van der Waals surface area contributed by atoms with Crippen molar-refractivity contribution in [2.24, 2.45) is 28.1 Å². The second kappa shape index (κ2) is 9.84. The van der Waals surface area contributed by atoms with Crippen LogP contribution in [0.3, 0.4) is 0 Å². The molecule has 0 amide bonds. The first-order valence-electron chi connectivity index (χ1n) is 12.6. The Labute approximate surface area is 178 Å². The predicted octanol–water partition coefficient (Wildman–Crippen LogP) is 8.37. The molecule has 4 atom stereocenters. The molecule has 0 aromatic carbocycles. The van der Waals surface area contributed by atoms with Crippen molar-refractivity contribution in [3.8, 4) is 0 Å². The van der Waals surface area contributed by atoms with Gasteiger partial charge in [-0.3, -0.25) is 0 Å². The molecular formula is C27H53N. The van der Waals surface area contributed by atoms with Gasteiger partial charge in [-0.25, -0.2) is 0 Å². The molecule has 0 bridgehead atoms. The Morgan fingerprint density at radius 2 is 1.25 bits per heavy atom. The Bertz CT molecular complexity index is 461. The number of rotatable bonds is 2. The number of nitrogens with one attached hydrogen (secondary N) is 1. The summed E-state index contributed by atoms with van der Waals surface area (Å²) in [6.07, 6.45) is 17.0. The van der Waals surface area contributed by atoms with E-state index in [4.69, 9.17) is 0 Å². The van der Waals surface area contributed by atoms with Crippen molar-refractivity contribution in [2.45, 2.75) is 145 Å². The molecule has 1 heteroatoms. The van der Waals surface area contributed by atoms with Gasteiger partial charge in [0.2, 0.25) is 0 Å². The van der Waals surface area contributed by atoms with Crippen molar-refractivity contribution in [3.05, 3.63) is 0 Å². The van der Waals surface area contributed by atoms with Gasteiger partial charge in [-0.15, -0.1) is 0 Å². The summed E-state index contributed by atoms with van der Waals surface area (Å²) in [5.74, 6) is 1.79. The maximum absolute atomic E-state index is 3.79. The van der Waals surface area contributed by atoms with Crippen molar-refractivity contribution in [1.29, 1.82) is 0 Å². The van der Waals surface area contributed by atoms with Crippen LogP contribution < -0.4 is 5.32 Å². The Morgan fingerprint density at radius 3 is 1.82 bits per heavy atom. The molecule has 1 N–H and O–H groups in total. The molecule has 1 saturated carbocycles. The summed E-state index contributed by atoms with van der Waals surface area (Å²) < 4.78 is 0. The van der Waals surface area contributed by atoms with Crippen molar-refractivity contribution >= 4 is 0 Å². The van der Waals surface area contributed by atoms with Crippen LogP contribution in [-0.2, 0) is 0 Å². The van der Waals surface area contributed by atoms with Gasteiger partial charge in [0, 0.05) is 12.1 Å². The number of hydrogen-bond donors (Lipinski definition) is 1. The molecule has 1 saturated heterocycles. The van der Waals surface area contributed by atoms with Gasteiger partial charge in [0.05, 0.1) is 0 Å². The molecule has 0 aromatic heterocycles. The summed E-state index contributed by atoms with van der Waals surface area (Å²) in [4.78, 5) is 0. The Balaban J connectivity index is 2.07. The molecule has 1 nitrogen and oxygen atoms in total. The highest BCUT2D eigenvalue weighted by Gasteiger charge is 2.33. The first-order valence-corrected chi connectivity index (χ1v) is 12.6. The molecule has 2 aliphatic rings. The van der Waals surface area contributed by atoms with E-state index in [9.17, 15) is 0 Å². The molecule has 1 aliphatic carbocycles. The average molecular weight is 392 g/mol. The van der Waals surface area contributed by atoms with Crippen LogP contribution in [0.5, 0.6) is 0 Å². The Kier molecular flexibility index (Phi) is 8.52. The second-order valence-corrected chi connectivity index (χ2v) is 13.2. The van der Waals surface area contributed by atoms with E-state index in [0.29, 0.717) is 28.3 Å². The van der Waals surface area contributed by atoms with Gasteiger partial charge in [-0.1, -0.05) is 60.8 Å². The highest BCUT2D eigenvalue weighted by Crippen LogP contribution is 2.42. The van der Waals surface area contributed by atoms with Gasteiger partial charge in [0.15, 0.2) is 0 Å². The predicted molar refractivity (Wildman–Crippen MR) is 126 cm³/mol. The topological polar surface area (TPSA) is 12.0 Å². The summed E-state index contributed by atoms with van der Waals surface area (Å²) >= 11 is 0. The molecule has 2 rings (SSSR count). The van der Waals surface area contributed by atoms with E-state index in [1.165, 1.54) is 77.0 Å². The molecule has 4 unspecified atom stereocenters. The molecule has 1 aliphatic heterocycles. The minimum Gasteiger partial charge on any atom is -0.311 e. The van der Waals surface area contributed by atoms with Gasteiger partial charge >= 0.3 is 0 Å². The van der Waals surface area contributed by atoms with Crippen LogP contribution in [0.4, 0.5) is 0 Å². The first-order chi connectivity index (χ1) is 12.9. The monoisotopic (exact) mass is 391 g/mol. The molecular weight excluding hydrogens is 338 g/mol. The van der Waals surface area contributed by atoms with Crippen LogP contribution in [-0.4, -0.2) is 12.1 Å². The molecule has 28 heavy (non-hydrogen) atoms. The maximum atomic E-state index is 3.79. The molecule has 2 fully saturated rings. The Morgan fingerprint density at radius 1 is 0.714 bits per heavy atom. The lowest BCUT2D eigenvalue weighted by Gasteiger charge is -2.36. The van der Waals surface area contributed by atoms with Gasteiger partial charge in [-0.2, -0.15) is 0 Å². The summed E-state index contributed by atoms with van der Waals surface area (Å²) in [6, 6.07) is 1.42. The smallest absolute Gasteiger partial charge is 0.00701 e. The Hall–Kier alpha value is -0.0400. The van der Waals surface area contributed by atoms with Gasteiger partial charge in [-0.05, 0) is 99.7 Å². The van der Waals surface area contributed by atoms with E-state index >= 15 is 0 Å². The van der Waals surface area contributed by atoms with Crippen LogP contribution in [0, 0.1) is 28.1 Å². The van der Waals surface area contributed by atoms with E-state index in [0.717, 1.165) is 11.8 Å². The lowest BCUT2D eigenvalue weighted by atomic mass is 9.70. The number of hydrogen-bond acceptors (Lipinski definition) is 1. The van der Waals surface area contributed by atoms with E-state index in [1.54, 1.807) is 0 Å². The summed E-state index contributed by atoms with van der Waals surface area (Å²) in [7, 11) is 0. The molecule has 0 spiro atoms. The third-order valence-corrected chi connectivity index (χ3v) is 8.28. The van der Waals surface area contributed by atoms with E-state index in [-0.39, 0.29) is 0 Å². The van der Waals surface area contributed by atoms with Gasteiger partial charge in [0.25, 0.3) is 0 Å². The van der Waals surface area contributed by atoms with Crippen molar-refractivity contribution < 1.29 is 0 Å². The normalized spacial score (nSPS) is 37.3. The van der Waals surface area contributed by atoms with E-state index < -0.39 is 0 Å². The largest absolute Gasteiger partial charge is 0.311 e. The summed E-state index contributed by atoms with van der Waals surface area (Å²) in [5.41, 5.74) is 1.55. The third-order valence-electron chi connectivity index (χ3n) is 8.28. The van der Waals surface area contributed by atoms with Gasteiger partial charge < -0.3 is 5.32 Å². The second-order valence-electron chi connectivity index (χ2n) is 13.2. The van der Waals surface area contributed by atoms with Crippen molar-refractivity contribution in [1.82, 2.24) is 5.32 Å². The quantitative estimate of drug-likeness (QED) is 0.498. The molecule has 0 aromatic rings. The van der Waals surface area contributed by atoms with Crippen LogP contribution >= 0.6 is 0 Å². The van der Waals surface area contributed by atoms with Gasteiger partial charge in [0.1, 0.15) is 0 Å². The third kappa shape index (κ3) is 8.37. The molecule has 0 radical (unpaired) electrons. The summed E-state index contributed by atoms with van der Waals surface area (Å²) in [5, 5.41) is 3.79. The minimum absolute atomic E-state index is 0.496. The fourth-order valence-corrected chi connectivity index (χ4v) is 6.32. The maximum Gasteiger partial charge on any atom is 0.00701 e. The van der Waals surface area contributed by atoms with E-state index in [2.05, 4.69) is 60.7 Å². The zero-order valence-corrected chi connectivity index (χ0v) is 20.8. The van der Waals surface area contributed by atoms with E-state index in [1.807, 2.05) is 0 Å². The van der Waals surface area contributed by atoms with Crippen LogP contribution in [0.2, 0.25) is 0 Å². The zero-order valence-electron chi connectivity index (χ0n) is 20.8. The minimum atomic E-state index is 0.496. The lowest BCUT2D eigenvalue weighted by molar-refractivity contribution is 0.163. The van der Waals surface area contributed by atoms with Crippen molar-refractivity contribution in [3.63, 3.8) is 0 Å². The van der Waals surface area contributed by atoms with Crippen molar-refractivity contribution in [2.75, 3.05) is 0 Å². The molecule has 1 heterocycles. The van der Waals surface area contributed by atoms with Crippen LogP contribution in [0.15, 0.2) is 0 Å².